The lowest BCUT2D eigenvalue weighted by Gasteiger charge is -2.19. The molecule has 0 aliphatic heterocycles. The Labute approximate surface area is 189 Å². The number of Topliss-reactive ketones (excluding diaryl/α,β-unsaturated/α-hetero) is 1. The topological polar surface area (TPSA) is 42.9 Å². The van der Waals surface area contributed by atoms with Gasteiger partial charge in [-0.2, -0.15) is 0 Å². The zero-order valence-electron chi connectivity index (χ0n) is 17.8. The van der Waals surface area contributed by atoms with Gasteiger partial charge in [0.1, 0.15) is 0 Å². The highest BCUT2D eigenvalue weighted by atomic mass is 19.2. The molecule has 5 aromatic rings. The molecule has 0 N–H and O–H groups in total. The first-order chi connectivity index (χ1) is 16.1. The highest BCUT2D eigenvalue weighted by molar-refractivity contribution is 6.16. The molecule has 0 amide bonds. The molecule has 0 unspecified atom stereocenters. The molecule has 0 atom stereocenters. The first-order valence-electron chi connectivity index (χ1n) is 10.8. The van der Waals surface area contributed by atoms with Gasteiger partial charge in [-0.3, -0.25) is 14.8 Å². The van der Waals surface area contributed by atoms with Gasteiger partial charge in [0.25, 0.3) is 0 Å². The maximum absolute atomic E-state index is 13.9. The lowest BCUT2D eigenvalue weighted by Crippen LogP contribution is -2.11. The van der Waals surface area contributed by atoms with E-state index < -0.39 is 11.6 Å². The monoisotopic (exact) mass is 438 g/mol. The van der Waals surface area contributed by atoms with Crippen LogP contribution in [0.3, 0.4) is 0 Å². The van der Waals surface area contributed by atoms with Crippen molar-refractivity contribution in [3.8, 4) is 11.1 Å². The van der Waals surface area contributed by atoms with Crippen LogP contribution in [0.1, 0.15) is 28.8 Å². The number of nitrogens with zero attached hydrogens (tertiary/aromatic N) is 2. The summed E-state index contributed by atoms with van der Waals surface area (Å²) in [6.07, 6.45) is 8.84. The Morgan fingerprint density at radius 1 is 0.636 bits per heavy atom. The molecule has 1 aromatic heterocycles. The van der Waals surface area contributed by atoms with Crippen LogP contribution in [0.25, 0.3) is 32.7 Å². The van der Waals surface area contributed by atoms with Crippen molar-refractivity contribution in [2.24, 2.45) is 0 Å². The van der Waals surface area contributed by atoms with Gasteiger partial charge in [0, 0.05) is 36.8 Å². The minimum atomic E-state index is -0.859. The predicted molar refractivity (Wildman–Crippen MR) is 126 cm³/mol. The van der Waals surface area contributed by atoms with Gasteiger partial charge < -0.3 is 0 Å². The number of halogens is 2. The van der Waals surface area contributed by atoms with Gasteiger partial charge in [0.05, 0.1) is 0 Å². The molecule has 0 spiro atoms. The maximum atomic E-state index is 13.9. The number of carbonyl (C=O) groups excluding carboxylic acids is 1. The Morgan fingerprint density at radius 3 is 2.03 bits per heavy atom. The number of rotatable bonds is 1. The van der Waals surface area contributed by atoms with Crippen molar-refractivity contribution in [1.29, 1.82) is 0 Å². The fourth-order valence-corrected chi connectivity index (χ4v) is 4.49. The van der Waals surface area contributed by atoms with E-state index in [4.69, 9.17) is 0 Å². The van der Waals surface area contributed by atoms with Crippen molar-refractivity contribution in [2.45, 2.75) is 19.3 Å². The molecule has 6 rings (SSSR count). The van der Waals surface area contributed by atoms with Crippen LogP contribution in [-0.2, 0) is 6.42 Å². The molecule has 0 bridgehead atoms. The Hall–Kier alpha value is -3.99. The van der Waals surface area contributed by atoms with E-state index in [1.54, 1.807) is 30.9 Å². The average Bonchev–Trinajstić information content (AvgIpc) is 2.87. The standard InChI is InChI=1S/C24H16F2O.C4H4N2/c25-22-11-8-14(12-23(22)26)20-13-21-17-6-3-7-24(27)19(17)10-9-18(21)15-4-1-2-5-16(15)20;1-2-6-4-3-5-1/h1-2,4-5,8-13H,3,6-7H2;1-4H. The smallest absolute Gasteiger partial charge is 0.163 e. The summed E-state index contributed by atoms with van der Waals surface area (Å²) in [4.78, 5) is 19.8. The van der Waals surface area contributed by atoms with Gasteiger partial charge in [-0.05, 0) is 69.3 Å². The van der Waals surface area contributed by atoms with E-state index in [1.165, 1.54) is 6.07 Å². The van der Waals surface area contributed by atoms with Crippen LogP contribution in [0.4, 0.5) is 8.78 Å². The van der Waals surface area contributed by atoms with Crippen molar-refractivity contribution in [2.75, 3.05) is 0 Å². The van der Waals surface area contributed by atoms with Crippen LogP contribution in [-0.4, -0.2) is 15.8 Å². The molecule has 5 heteroatoms. The molecule has 0 fully saturated rings. The quantitative estimate of drug-likeness (QED) is 0.266. The average molecular weight is 438 g/mol. The first-order valence-corrected chi connectivity index (χ1v) is 10.8. The van der Waals surface area contributed by atoms with Gasteiger partial charge in [-0.25, -0.2) is 8.78 Å². The Balaban J connectivity index is 0.000000332. The van der Waals surface area contributed by atoms with Gasteiger partial charge in [0.15, 0.2) is 17.4 Å². The zero-order chi connectivity index (χ0) is 22.8. The molecule has 4 aromatic carbocycles. The molecule has 1 aliphatic rings. The normalized spacial score (nSPS) is 12.8. The molecule has 1 aliphatic carbocycles. The van der Waals surface area contributed by atoms with Crippen molar-refractivity contribution in [3.63, 3.8) is 0 Å². The molecular formula is C28H20F2N2O. The van der Waals surface area contributed by atoms with Crippen LogP contribution < -0.4 is 0 Å². The summed E-state index contributed by atoms with van der Waals surface area (Å²) in [5.74, 6) is -1.53. The van der Waals surface area contributed by atoms with Crippen molar-refractivity contribution < 1.29 is 13.6 Å². The fraction of sp³-hybridized carbons (Fsp3) is 0.107. The Kier molecular flexibility index (Phi) is 5.61. The molecule has 1 heterocycles. The van der Waals surface area contributed by atoms with Crippen LogP contribution in [0, 0.1) is 11.6 Å². The Morgan fingerprint density at radius 2 is 1.33 bits per heavy atom. The number of benzene rings is 4. The largest absolute Gasteiger partial charge is 0.294 e. The number of ketones is 1. The van der Waals surface area contributed by atoms with Crippen molar-refractivity contribution >= 4 is 27.3 Å². The number of fused-ring (bicyclic) bond motifs is 5. The number of carbonyl (C=O) groups is 1. The second-order valence-corrected chi connectivity index (χ2v) is 7.96. The number of aromatic nitrogens is 2. The molecule has 162 valence electrons. The number of hydrogen-bond acceptors (Lipinski definition) is 3. The second-order valence-electron chi connectivity index (χ2n) is 7.96. The lowest BCUT2D eigenvalue weighted by atomic mass is 9.84. The van der Waals surface area contributed by atoms with E-state index in [0.717, 1.165) is 57.1 Å². The minimum absolute atomic E-state index is 0.181. The summed E-state index contributed by atoms with van der Waals surface area (Å²) in [6, 6.07) is 17.9. The molecule has 33 heavy (non-hydrogen) atoms. The van der Waals surface area contributed by atoms with Crippen LogP contribution in [0.15, 0.2) is 85.5 Å². The van der Waals surface area contributed by atoms with E-state index >= 15 is 0 Å². The first kappa shape index (κ1) is 20.9. The molecule has 3 nitrogen and oxygen atoms in total. The molecule has 0 radical (unpaired) electrons. The maximum Gasteiger partial charge on any atom is 0.163 e. The molecule has 0 saturated heterocycles. The number of aryl methyl sites for hydroxylation is 1. The third-order valence-corrected chi connectivity index (χ3v) is 5.99. The zero-order valence-corrected chi connectivity index (χ0v) is 17.8. The third-order valence-electron chi connectivity index (χ3n) is 5.99. The fourth-order valence-electron chi connectivity index (χ4n) is 4.49. The lowest BCUT2D eigenvalue weighted by molar-refractivity contribution is 0.0973. The SMILES string of the molecule is O=C1CCCc2c1ccc1c2cc(-c2ccc(F)c(F)c2)c2ccccc21.c1cnccn1. The highest BCUT2D eigenvalue weighted by Crippen LogP contribution is 2.39. The minimum Gasteiger partial charge on any atom is -0.294 e. The van der Waals surface area contributed by atoms with Crippen LogP contribution in [0.5, 0.6) is 0 Å². The second kappa shape index (κ2) is 8.87. The third kappa shape index (κ3) is 3.98. The van der Waals surface area contributed by atoms with E-state index in [9.17, 15) is 13.6 Å². The summed E-state index contributed by atoms with van der Waals surface area (Å²) in [6.45, 7) is 0. The van der Waals surface area contributed by atoms with E-state index in [1.807, 2.05) is 42.5 Å². The van der Waals surface area contributed by atoms with Gasteiger partial charge in [-0.1, -0.05) is 42.5 Å². The van der Waals surface area contributed by atoms with E-state index in [0.29, 0.717) is 12.0 Å². The summed E-state index contributed by atoms with van der Waals surface area (Å²) in [5, 5.41) is 4.15. The predicted octanol–water partition coefficient (Wildman–Crippen LogP) is 6.93. The van der Waals surface area contributed by atoms with Crippen LogP contribution >= 0.6 is 0 Å². The van der Waals surface area contributed by atoms with Crippen molar-refractivity contribution in [3.05, 3.63) is 108 Å². The van der Waals surface area contributed by atoms with E-state index in [2.05, 4.69) is 9.97 Å². The van der Waals surface area contributed by atoms with Crippen LogP contribution in [0.2, 0.25) is 0 Å². The van der Waals surface area contributed by atoms with Gasteiger partial charge in [-0.15, -0.1) is 0 Å². The Bertz CT molecular complexity index is 1460. The summed E-state index contributed by atoms with van der Waals surface area (Å²) in [7, 11) is 0. The van der Waals surface area contributed by atoms with Gasteiger partial charge in [0.2, 0.25) is 0 Å². The van der Waals surface area contributed by atoms with Gasteiger partial charge >= 0.3 is 0 Å². The highest BCUT2D eigenvalue weighted by Gasteiger charge is 2.21. The molecular weight excluding hydrogens is 418 g/mol. The van der Waals surface area contributed by atoms with Crippen molar-refractivity contribution in [1.82, 2.24) is 9.97 Å². The summed E-state index contributed by atoms with van der Waals surface area (Å²) < 4.78 is 27.3. The molecule has 0 saturated carbocycles. The number of hydrogen-bond donors (Lipinski definition) is 0. The van der Waals surface area contributed by atoms with E-state index in [-0.39, 0.29) is 5.78 Å². The summed E-state index contributed by atoms with van der Waals surface area (Å²) >= 11 is 0. The summed E-state index contributed by atoms with van der Waals surface area (Å²) in [5.41, 5.74) is 3.34.